The largest absolute Gasteiger partial charge is 0.448 e. The molecule has 0 saturated carbocycles. The van der Waals surface area contributed by atoms with Crippen molar-refractivity contribution in [3.05, 3.63) is 41.6 Å². The molecule has 0 radical (unpaired) electrons. The van der Waals surface area contributed by atoms with Gasteiger partial charge in [-0.05, 0) is 37.0 Å². The summed E-state index contributed by atoms with van der Waals surface area (Å²) in [5.41, 5.74) is 3.60. The summed E-state index contributed by atoms with van der Waals surface area (Å²) in [5, 5.41) is 2.91. The molecule has 1 aromatic heterocycles. The predicted octanol–water partition coefficient (Wildman–Crippen LogP) is 2.81. The van der Waals surface area contributed by atoms with Gasteiger partial charge in [-0.2, -0.15) is 0 Å². The van der Waals surface area contributed by atoms with Gasteiger partial charge in [-0.25, -0.2) is 4.98 Å². The van der Waals surface area contributed by atoms with Crippen molar-refractivity contribution in [2.75, 3.05) is 37.0 Å². The maximum Gasteiger partial charge on any atom is 0.277 e. The van der Waals surface area contributed by atoms with Crippen LogP contribution < -0.4 is 10.2 Å². The van der Waals surface area contributed by atoms with Crippen molar-refractivity contribution in [3.8, 4) is 0 Å². The Balaban J connectivity index is 1.47. The number of nitrogens with one attached hydrogen (secondary N) is 1. The van der Waals surface area contributed by atoms with E-state index in [4.69, 9.17) is 9.15 Å². The number of anilines is 2. The molecule has 3 heterocycles. The third kappa shape index (κ3) is 2.89. The third-order valence-electron chi connectivity index (χ3n) is 4.80. The number of carbonyl (C=O) groups excluding carboxylic acids is 1. The van der Waals surface area contributed by atoms with Gasteiger partial charge in [-0.15, -0.1) is 0 Å². The number of amides is 1. The Morgan fingerprint density at radius 2 is 2.17 bits per heavy atom. The number of hydrogen-bond acceptors (Lipinski definition) is 5. The molecule has 0 unspecified atom stereocenters. The quantitative estimate of drug-likeness (QED) is 0.939. The normalized spacial score (nSPS) is 17.8. The van der Waals surface area contributed by atoms with Gasteiger partial charge in [-0.1, -0.05) is 6.07 Å². The molecule has 1 saturated heterocycles. The highest BCUT2D eigenvalue weighted by Crippen LogP contribution is 2.30. The Morgan fingerprint density at radius 1 is 1.33 bits per heavy atom. The molecule has 0 aliphatic carbocycles. The van der Waals surface area contributed by atoms with Crippen molar-refractivity contribution >= 4 is 17.3 Å². The van der Waals surface area contributed by atoms with Crippen molar-refractivity contribution in [3.63, 3.8) is 0 Å². The highest BCUT2D eigenvalue weighted by atomic mass is 16.5. The Bertz CT molecular complexity index is 750. The van der Waals surface area contributed by atoms with Gasteiger partial charge in [0.1, 0.15) is 6.26 Å². The molecule has 6 nitrogen and oxygen atoms in total. The summed E-state index contributed by atoms with van der Waals surface area (Å²) < 4.78 is 10.9. The molecule has 0 atom stereocenters. The number of oxazole rings is 1. The van der Waals surface area contributed by atoms with Gasteiger partial charge < -0.3 is 19.4 Å². The fourth-order valence-electron chi connectivity index (χ4n) is 3.34. The van der Waals surface area contributed by atoms with Crippen LogP contribution in [0.2, 0.25) is 0 Å². The molecule has 1 N–H and O–H groups in total. The number of benzene rings is 1. The SMILES string of the molecule is CN1CCc2ccc(NC(=O)c3coc(C4CCOCC4)n3)cc21. The van der Waals surface area contributed by atoms with Gasteiger partial charge in [-0.3, -0.25) is 4.79 Å². The van der Waals surface area contributed by atoms with E-state index in [0.29, 0.717) is 11.6 Å². The van der Waals surface area contributed by atoms with Gasteiger partial charge >= 0.3 is 0 Å². The van der Waals surface area contributed by atoms with E-state index in [9.17, 15) is 4.79 Å². The Kier molecular flexibility index (Phi) is 3.98. The minimum absolute atomic E-state index is 0.238. The van der Waals surface area contributed by atoms with Gasteiger partial charge in [0.05, 0.1) is 0 Å². The maximum atomic E-state index is 12.4. The molecule has 0 spiro atoms. The van der Waals surface area contributed by atoms with E-state index in [1.165, 1.54) is 17.5 Å². The number of ether oxygens (including phenoxy) is 1. The van der Waals surface area contributed by atoms with Crippen LogP contribution in [0.4, 0.5) is 11.4 Å². The molecule has 2 aliphatic heterocycles. The van der Waals surface area contributed by atoms with E-state index in [-0.39, 0.29) is 11.8 Å². The number of carbonyl (C=O) groups is 1. The van der Waals surface area contributed by atoms with Crippen LogP contribution in [0.3, 0.4) is 0 Å². The highest BCUT2D eigenvalue weighted by Gasteiger charge is 2.23. The van der Waals surface area contributed by atoms with Crippen LogP contribution in [0.25, 0.3) is 0 Å². The first-order chi connectivity index (χ1) is 11.7. The molecular weight excluding hydrogens is 306 g/mol. The second kappa shape index (κ2) is 6.28. The molecule has 6 heteroatoms. The highest BCUT2D eigenvalue weighted by molar-refractivity contribution is 6.03. The van der Waals surface area contributed by atoms with Crippen LogP contribution >= 0.6 is 0 Å². The van der Waals surface area contributed by atoms with Crippen molar-refractivity contribution in [2.45, 2.75) is 25.2 Å². The zero-order chi connectivity index (χ0) is 16.5. The van der Waals surface area contributed by atoms with Crippen LogP contribution in [0, 0.1) is 0 Å². The molecule has 126 valence electrons. The minimum Gasteiger partial charge on any atom is -0.448 e. The third-order valence-corrected chi connectivity index (χ3v) is 4.80. The number of nitrogens with zero attached hydrogens (tertiary/aromatic N) is 2. The molecule has 0 bridgehead atoms. The Hall–Kier alpha value is -2.34. The zero-order valence-electron chi connectivity index (χ0n) is 13.7. The monoisotopic (exact) mass is 327 g/mol. The number of fused-ring (bicyclic) bond motifs is 1. The van der Waals surface area contributed by atoms with Crippen LogP contribution in [0.1, 0.15) is 40.7 Å². The lowest BCUT2D eigenvalue weighted by atomic mass is 10.0. The molecule has 4 rings (SSSR count). The number of likely N-dealkylation sites (N-methyl/N-ethyl adjacent to an activating group) is 1. The van der Waals surface area contributed by atoms with E-state index in [1.54, 1.807) is 0 Å². The van der Waals surface area contributed by atoms with Crippen molar-refractivity contribution in [1.82, 2.24) is 4.98 Å². The first kappa shape index (κ1) is 15.2. The standard InChI is InChI=1S/C18H21N3O3/c1-21-7-4-12-2-3-14(10-16(12)21)19-17(22)15-11-24-18(20-15)13-5-8-23-9-6-13/h2-3,10-11,13H,4-9H2,1H3,(H,19,22). The molecule has 1 aromatic carbocycles. The van der Waals surface area contributed by atoms with E-state index in [2.05, 4.69) is 28.3 Å². The second-order valence-electron chi connectivity index (χ2n) is 6.43. The first-order valence-electron chi connectivity index (χ1n) is 8.39. The van der Waals surface area contributed by atoms with E-state index >= 15 is 0 Å². The van der Waals surface area contributed by atoms with Crippen molar-refractivity contribution in [1.29, 1.82) is 0 Å². The smallest absolute Gasteiger partial charge is 0.277 e. The molecule has 2 aliphatic rings. The average molecular weight is 327 g/mol. The molecule has 2 aromatic rings. The summed E-state index contributed by atoms with van der Waals surface area (Å²) in [6.45, 7) is 2.46. The van der Waals surface area contributed by atoms with Crippen LogP contribution in [0.15, 0.2) is 28.9 Å². The van der Waals surface area contributed by atoms with Gasteiger partial charge in [0.15, 0.2) is 11.6 Å². The fraction of sp³-hybridized carbons (Fsp3) is 0.444. The minimum atomic E-state index is -0.238. The predicted molar refractivity (Wildman–Crippen MR) is 90.7 cm³/mol. The summed E-state index contributed by atoms with van der Waals surface area (Å²) >= 11 is 0. The number of rotatable bonds is 3. The summed E-state index contributed by atoms with van der Waals surface area (Å²) in [5.74, 6) is 0.642. The topological polar surface area (TPSA) is 67.6 Å². The molecule has 24 heavy (non-hydrogen) atoms. The van der Waals surface area contributed by atoms with Crippen LogP contribution in [-0.4, -0.2) is 37.7 Å². The maximum absolute atomic E-state index is 12.4. The summed E-state index contributed by atoms with van der Waals surface area (Å²) in [4.78, 5) is 19.0. The summed E-state index contributed by atoms with van der Waals surface area (Å²) in [6, 6.07) is 6.03. The average Bonchev–Trinajstić information content (AvgIpc) is 3.24. The van der Waals surface area contributed by atoms with E-state index < -0.39 is 0 Å². The number of aromatic nitrogens is 1. The molecule has 1 fully saturated rings. The van der Waals surface area contributed by atoms with Gasteiger partial charge in [0, 0.05) is 44.1 Å². The van der Waals surface area contributed by atoms with Crippen LogP contribution in [0.5, 0.6) is 0 Å². The lowest BCUT2D eigenvalue weighted by Gasteiger charge is -2.18. The van der Waals surface area contributed by atoms with E-state index in [1.807, 2.05) is 12.1 Å². The van der Waals surface area contributed by atoms with Gasteiger partial charge in [0.2, 0.25) is 0 Å². The lowest BCUT2D eigenvalue weighted by molar-refractivity contribution is 0.0794. The van der Waals surface area contributed by atoms with E-state index in [0.717, 1.165) is 44.7 Å². The molecular formula is C18H21N3O3. The molecule has 1 amide bonds. The van der Waals surface area contributed by atoms with Crippen molar-refractivity contribution in [2.24, 2.45) is 0 Å². The first-order valence-corrected chi connectivity index (χ1v) is 8.39. The zero-order valence-corrected chi connectivity index (χ0v) is 13.7. The second-order valence-corrected chi connectivity index (χ2v) is 6.43. The van der Waals surface area contributed by atoms with Crippen LogP contribution in [-0.2, 0) is 11.2 Å². The lowest BCUT2D eigenvalue weighted by Crippen LogP contribution is -2.16. The summed E-state index contributed by atoms with van der Waals surface area (Å²) in [7, 11) is 2.06. The van der Waals surface area contributed by atoms with Crippen molar-refractivity contribution < 1.29 is 13.9 Å². The fourth-order valence-corrected chi connectivity index (χ4v) is 3.34. The van der Waals surface area contributed by atoms with Gasteiger partial charge in [0.25, 0.3) is 5.91 Å². The Labute approximate surface area is 140 Å². The summed E-state index contributed by atoms with van der Waals surface area (Å²) in [6.07, 6.45) is 4.27. The number of hydrogen-bond donors (Lipinski definition) is 1. The Morgan fingerprint density at radius 3 is 3.00 bits per heavy atom.